The van der Waals surface area contributed by atoms with Gasteiger partial charge in [0, 0.05) is 13.0 Å². The van der Waals surface area contributed by atoms with Crippen molar-refractivity contribution in [3.8, 4) is 11.5 Å². The fourth-order valence-electron chi connectivity index (χ4n) is 3.87. The lowest BCUT2D eigenvalue weighted by atomic mass is 9.96. The zero-order chi connectivity index (χ0) is 20.8. The first kappa shape index (κ1) is 21.1. The van der Waals surface area contributed by atoms with Crippen molar-refractivity contribution < 1.29 is 24.1 Å². The van der Waals surface area contributed by atoms with Gasteiger partial charge in [-0.15, -0.1) is 0 Å². The summed E-state index contributed by atoms with van der Waals surface area (Å²) in [6.07, 6.45) is 0.613. The maximum absolute atomic E-state index is 13.1. The summed E-state index contributed by atoms with van der Waals surface area (Å²) < 4.78 is 16.5. The van der Waals surface area contributed by atoms with Crippen molar-refractivity contribution in [1.29, 1.82) is 0 Å². The molecule has 0 bridgehead atoms. The van der Waals surface area contributed by atoms with Crippen LogP contribution in [-0.2, 0) is 16.0 Å². The van der Waals surface area contributed by atoms with E-state index in [9.17, 15) is 9.90 Å². The molecule has 0 aliphatic carbocycles. The van der Waals surface area contributed by atoms with Crippen LogP contribution in [0.25, 0.3) is 0 Å². The number of carbonyl (C=O) groups excluding carboxylic acids is 1. The van der Waals surface area contributed by atoms with E-state index < -0.39 is 6.10 Å². The van der Waals surface area contributed by atoms with E-state index in [2.05, 4.69) is 19.1 Å². The summed E-state index contributed by atoms with van der Waals surface area (Å²) in [6, 6.07) is 13.3. The summed E-state index contributed by atoms with van der Waals surface area (Å²) >= 11 is 0. The van der Waals surface area contributed by atoms with E-state index in [0.29, 0.717) is 37.5 Å². The molecule has 2 aromatic rings. The first-order valence-electron chi connectivity index (χ1n) is 9.87. The average molecular weight is 399 g/mol. The smallest absolute Gasteiger partial charge is 0.223 e. The highest BCUT2D eigenvalue weighted by Gasteiger charge is 2.36. The Kier molecular flexibility index (Phi) is 7.12. The SMILES string of the molecule is COc1ccc(C2C(CO)OCCN2C(=O)CCc2ccccc2C)cc1OC. The number of morpholine rings is 1. The van der Waals surface area contributed by atoms with E-state index in [1.165, 1.54) is 11.1 Å². The Morgan fingerprint density at radius 1 is 1.17 bits per heavy atom. The third-order valence-corrected chi connectivity index (χ3v) is 5.47. The van der Waals surface area contributed by atoms with Crippen LogP contribution in [0.2, 0.25) is 0 Å². The Balaban J connectivity index is 1.83. The van der Waals surface area contributed by atoms with Gasteiger partial charge in [-0.2, -0.15) is 0 Å². The maximum Gasteiger partial charge on any atom is 0.223 e. The van der Waals surface area contributed by atoms with Crippen LogP contribution >= 0.6 is 0 Å². The highest BCUT2D eigenvalue weighted by atomic mass is 16.5. The number of aryl methyl sites for hydroxylation is 2. The van der Waals surface area contributed by atoms with Gasteiger partial charge in [-0.25, -0.2) is 0 Å². The summed E-state index contributed by atoms with van der Waals surface area (Å²) in [5.74, 6) is 1.25. The number of methoxy groups -OCH3 is 2. The number of carbonyl (C=O) groups is 1. The Morgan fingerprint density at radius 3 is 2.62 bits per heavy atom. The zero-order valence-corrected chi connectivity index (χ0v) is 17.3. The Morgan fingerprint density at radius 2 is 1.93 bits per heavy atom. The molecule has 156 valence electrons. The van der Waals surface area contributed by atoms with Gasteiger partial charge in [-0.3, -0.25) is 4.79 Å². The molecular weight excluding hydrogens is 370 g/mol. The molecule has 0 radical (unpaired) electrons. The molecule has 1 N–H and O–H groups in total. The van der Waals surface area contributed by atoms with Crippen LogP contribution < -0.4 is 9.47 Å². The van der Waals surface area contributed by atoms with Crippen LogP contribution in [0, 0.1) is 6.92 Å². The highest BCUT2D eigenvalue weighted by molar-refractivity contribution is 5.77. The topological polar surface area (TPSA) is 68.2 Å². The summed E-state index contributed by atoms with van der Waals surface area (Å²) in [6.45, 7) is 2.79. The molecule has 2 atom stereocenters. The van der Waals surface area contributed by atoms with Crippen LogP contribution in [0.5, 0.6) is 11.5 Å². The van der Waals surface area contributed by atoms with Gasteiger partial charge >= 0.3 is 0 Å². The minimum absolute atomic E-state index is 0.0507. The number of aliphatic hydroxyl groups is 1. The van der Waals surface area contributed by atoms with Crippen molar-refractivity contribution in [2.75, 3.05) is 34.0 Å². The second-order valence-corrected chi connectivity index (χ2v) is 7.16. The fraction of sp³-hybridized carbons (Fsp3) is 0.435. The first-order chi connectivity index (χ1) is 14.1. The number of aliphatic hydroxyl groups excluding tert-OH is 1. The van der Waals surface area contributed by atoms with Gasteiger partial charge in [0.15, 0.2) is 11.5 Å². The second kappa shape index (κ2) is 9.76. The van der Waals surface area contributed by atoms with Crippen LogP contribution in [0.3, 0.4) is 0 Å². The molecule has 1 fully saturated rings. The van der Waals surface area contributed by atoms with Gasteiger partial charge in [0.25, 0.3) is 0 Å². The molecular formula is C23H29NO5. The van der Waals surface area contributed by atoms with Crippen molar-refractivity contribution in [3.63, 3.8) is 0 Å². The van der Waals surface area contributed by atoms with Gasteiger partial charge < -0.3 is 24.2 Å². The number of amides is 1. The molecule has 0 spiro atoms. The third kappa shape index (κ3) is 4.71. The molecule has 6 nitrogen and oxygen atoms in total. The molecule has 1 saturated heterocycles. The van der Waals surface area contributed by atoms with Crippen molar-refractivity contribution in [2.24, 2.45) is 0 Å². The van der Waals surface area contributed by atoms with Gasteiger partial charge in [-0.05, 0) is 42.2 Å². The van der Waals surface area contributed by atoms with Crippen molar-refractivity contribution in [3.05, 3.63) is 59.2 Å². The zero-order valence-electron chi connectivity index (χ0n) is 17.3. The lowest BCUT2D eigenvalue weighted by molar-refractivity contribution is -0.149. The monoisotopic (exact) mass is 399 g/mol. The molecule has 1 heterocycles. The van der Waals surface area contributed by atoms with E-state index in [1.54, 1.807) is 14.2 Å². The van der Waals surface area contributed by atoms with Crippen LogP contribution in [0.1, 0.15) is 29.2 Å². The Bertz CT molecular complexity index is 838. The maximum atomic E-state index is 13.1. The normalized spacial score (nSPS) is 19.1. The number of nitrogens with zero attached hydrogens (tertiary/aromatic N) is 1. The van der Waals surface area contributed by atoms with Crippen LogP contribution in [0.15, 0.2) is 42.5 Å². The number of hydrogen-bond acceptors (Lipinski definition) is 5. The molecule has 2 unspecified atom stereocenters. The molecule has 29 heavy (non-hydrogen) atoms. The second-order valence-electron chi connectivity index (χ2n) is 7.16. The number of ether oxygens (including phenoxy) is 3. The Hall–Kier alpha value is -2.57. The van der Waals surface area contributed by atoms with Crippen LogP contribution in [-0.4, -0.2) is 56.0 Å². The summed E-state index contributed by atoms with van der Waals surface area (Å²) in [5, 5.41) is 9.87. The minimum atomic E-state index is -0.482. The molecule has 1 aliphatic rings. The highest BCUT2D eigenvalue weighted by Crippen LogP contribution is 2.36. The van der Waals surface area contributed by atoms with Gasteiger partial charge in [0.1, 0.15) is 6.10 Å². The molecule has 2 aromatic carbocycles. The third-order valence-electron chi connectivity index (χ3n) is 5.47. The summed E-state index contributed by atoms with van der Waals surface area (Å²) in [5.41, 5.74) is 3.22. The van der Waals surface area contributed by atoms with E-state index in [1.807, 2.05) is 35.2 Å². The van der Waals surface area contributed by atoms with Crippen LogP contribution in [0.4, 0.5) is 0 Å². The van der Waals surface area contributed by atoms with Gasteiger partial charge in [0.2, 0.25) is 5.91 Å². The predicted octanol–water partition coefficient (Wildman–Crippen LogP) is 2.91. The molecule has 1 amide bonds. The van der Waals surface area contributed by atoms with E-state index >= 15 is 0 Å². The van der Waals surface area contributed by atoms with Gasteiger partial charge in [-0.1, -0.05) is 30.3 Å². The van der Waals surface area contributed by atoms with Crippen molar-refractivity contribution in [1.82, 2.24) is 4.90 Å². The lowest BCUT2D eigenvalue weighted by Gasteiger charge is -2.41. The largest absolute Gasteiger partial charge is 0.493 e. The molecule has 0 saturated carbocycles. The minimum Gasteiger partial charge on any atom is -0.493 e. The lowest BCUT2D eigenvalue weighted by Crippen LogP contribution is -2.49. The Labute approximate surface area is 172 Å². The molecule has 3 rings (SSSR count). The molecule has 0 aromatic heterocycles. The number of benzene rings is 2. The average Bonchev–Trinajstić information content (AvgIpc) is 2.77. The first-order valence-corrected chi connectivity index (χ1v) is 9.87. The standard InChI is InChI=1S/C23H29NO5/c1-16-6-4-5-7-17(16)9-11-22(26)24-12-13-29-21(15-25)23(24)18-8-10-19(27-2)20(14-18)28-3/h4-8,10,14,21,23,25H,9,11-13,15H2,1-3H3. The molecule has 1 aliphatic heterocycles. The fourth-order valence-corrected chi connectivity index (χ4v) is 3.87. The predicted molar refractivity (Wildman–Crippen MR) is 110 cm³/mol. The summed E-state index contributed by atoms with van der Waals surface area (Å²) in [7, 11) is 3.16. The van der Waals surface area contributed by atoms with E-state index in [4.69, 9.17) is 14.2 Å². The summed E-state index contributed by atoms with van der Waals surface area (Å²) in [4.78, 5) is 15.0. The number of rotatable bonds is 7. The number of hydrogen-bond donors (Lipinski definition) is 1. The quantitative estimate of drug-likeness (QED) is 0.775. The van der Waals surface area contributed by atoms with Gasteiger partial charge in [0.05, 0.1) is 33.5 Å². The van der Waals surface area contributed by atoms with Crippen molar-refractivity contribution >= 4 is 5.91 Å². The van der Waals surface area contributed by atoms with E-state index in [-0.39, 0.29) is 18.6 Å². The van der Waals surface area contributed by atoms with E-state index in [0.717, 1.165) is 5.56 Å². The van der Waals surface area contributed by atoms with Crippen molar-refractivity contribution in [2.45, 2.75) is 31.9 Å². The molecule has 6 heteroatoms.